The van der Waals surface area contributed by atoms with Crippen LogP contribution in [0.3, 0.4) is 0 Å². The Kier molecular flexibility index (Phi) is 22.0. The number of rotatable bonds is 25. The van der Waals surface area contributed by atoms with E-state index in [9.17, 15) is 14.7 Å². The number of hydrogen-bond donors (Lipinski definition) is 3. The van der Waals surface area contributed by atoms with Gasteiger partial charge in [-0.1, -0.05) is 136 Å². The summed E-state index contributed by atoms with van der Waals surface area (Å²) in [4.78, 5) is 31.7. The zero-order valence-electron chi connectivity index (χ0n) is 22.3. The van der Waals surface area contributed by atoms with E-state index in [0.717, 1.165) is 57.8 Å². The van der Waals surface area contributed by atoms with Crippen LogP contribution in [-0.4, -0.2) is 19.8 Å². The van der Waals surface area contributed by atoms with Crippen molar-refractivity contribution in [1.82, 2.24) is 0 Å². The smallest absolute Gasteiger partial charge is 0.192 e. The third kappa shape index (κ3) is 16.9. The summed E-state index contributed by atoms with van der Waals surface area (Å²) in [5, 5.41) is -0.649. The topological polar surface area (TPSA) is 60.7 Å². The largest absolute Gasteiger partial charge is 0.409 e. The Bertz CT molecular complexity index is 365. The molecule has 0 aliphatic carbocycles. The first-order valence-corrected chi connectivity index (χ1v) is 16.2. The maximum Gasteiger partial charge on any atom is 0.409 e. The molecule has 0 saturated carbocycles. The van der Waals surface area contributed by atoms with Gasteiger partial charge in [0.25, 0.3) is 0 Å². The van der Waals surface area contributed by atoms with Crippen molar-refractivity contribution in [2.24, 2.45) is 0 Å². The molecular weight excluding hydrogens is 415 g/mol. The molecule has 0 saturated heterocycles. The number of unbranched alkanes of at least 4 members (excludes halogenated alkanes) is 18. The van der Waals surface area contributed by atoms with Gasteiger partial charge in [0.1, 0.15) is 0 Å². The highest BCUT2D eigenvalue weighted by molar-refractivity contribution is 7.60. The molecule has 0 aromatic heterocycles. The molecule has 0 atom stereocenters. The Morgan fingerprint density at radius 2 is 0.594 bits per heavy atom. The molecule has 4 heteroatoms. The average Bonchev–Trinajstić information content (AvgIpc) is 2.76. The van der Waals surface area contributed by atoms with Crippen LogP contribution in [-0.2, 0) is 0 Å². The van der Waals surface area contributed by atoms with E-state index >= 15 is 0 Å². The van der Waals surface area contributed by atoms with E-state index in [0.29, 0.717) is 0 Å². The molecular formula is C28H60O3P+. The van der Waals surface area contributed by atoms with E-state index < -0.39 is 13.1 Å². The van der Waals surface area contributed by atoms with Crippen molar-refractivity contribution in [3.8, 4) is 0 Å². The van der Waals surface area contributed by atoms with Gasteiger partial charge in [0.05, 0.1) is 0 Å². The molecule has 0 rings (SSSR count). The summed E-state index contributed by atoms with van der Waals surface area (Å²) in [7, 11) is -3.85. The van der Waals surface area contributed by atoms with Gasteiger partial charge in [0, 0.05) is 0 Å². The lowest BCUT2D eigenvalue weighted by Crippen LogP contribution is -2.32. The molecule has 0 heterocycles. The zero-order chi connectivity index (χ0) is 24.0. The average molecular weight is 476 g/mol. The summed E-state index contributed by atoms with van der Waals surface area (Å²) in [6, 6.07) is 0. The third-order valence-corrected chi connectivity index (χ3v) is 9.32. The predicted molar refractivity (Wildman–Crippen MR) is 144 cm³/mol. The Balaban J connectivity index is 4.59. The van der Waals surface area contributed by atoms with Gasteiger partial charge >= 0.3 is 7.94 Å². The standard InChI is InChI=1S/C28H60O3P/c1-4-7-10-13-16-17-18-21-24-27-28(32(29,30)31,25-22-19-14-11-8-5-2)26-23-20-15-12-9-6-3/h29-31H,4-27H2,1-3H3/q+1. The van der Waals surface area contributed by atoms with E-state index in [4.69, 9.17) is 0 Å². The fourth-order valence-corrected chi connectivity index (χ4v) is 6.43. The molecule has 0 bridgehead atoms. The van der Waals surface area contributed by atoms with Crippen molar-refractivity contribution < 1.29 is 14.7 Å². The second-order valence-corrected chi connectivity index (χ2v) is 12.5. The fourth-order valence-electron chi connectivity index (χ4n) is 5.06. The summed E-state index contributed by atoms with van der Waals surface area (Å²) >= 11 is 0. The summed E-state index contributed by atoms with van der Waals surface area (Å²) in [6.07, 6.45) is 28.2. The molecule has 194 valence electrons. The molecule has 0 amide bonds. The van der Waals surface area contributed by atoms with Crippen molar-refractivity contribution in [3.05, 3.63) is 0 Å². The van der Waals surface area contributed by atoms with Crippen molar-refractivity contribution in [3.63, 3.8) is 0 Å². The lowest BCUT2D eigenvalue weighted by molar-refractivity contribution is 0.247. The molecule has 32 heavy (non-hydrogen) atoms. The second kappa shape index (κ2) is 21.8. The van der Waals surface area contributed by atoms with Gasteiger partial charge in [-0.2, -0.15) is 14.7 Å². The van der Waals surface area contributed by atoms with Gasteiger partial charge in [0.15, 0.2) is 5.16 Å². The lowest BCUT2D eigenvalue weighted by Gasteiger charge is -2.33. The molecule has 0 aromatic carbocycles. The molecule has 0 fully saturated rings. The summed E-state index contributed by atoms with van der Waals surface area (Å²) in [5.41, 5.74) is 0. The molecule has 3 N–H and O–H groups in total. The summed E-state index contributed by atoms with van der Waals surface area (Å²) < 4.78 is 0. The van der Waals surface area contributed by atoms with E-state index in [-0.39, 0.29) is 0 Å². The van der Waals surface area contributed by atoms with Crippen LogP contribution in [0.25, 0.3) is 0 Å². The van der Waals surface area contributed by atoms with E-state index in [1.165, 1.54) is 96.3 Å². The SMILES string of the molecule is CCCCCCCCCCCC(CCCCCCCC)(CCCCCCCC)[P+](O)(O)O. The van der Waals surface area contributed by atoms with Crippen molar-refractivity contribution in [2.45, 2.75) is 180 Å². The molecule has 0 unspecified atom stereocenters. The van der Waals surface area contributed by atoms with E-state index in [1.54, 1.807) is 0 Å². The van der Waals surface area contributed by atoms with Crippen molar-refractivity contribution >= 4 is 7.94 Å². The zero-order valence-corrected chi connectivity index (χ0v) is 23.2. The second-order valence-electron chi connectivity index (χ2n) is 10.4. The van der Waals surface area contributed by atoms with Crippen LogP contribution >= 0.6 is 7.94 Å². The van der Waals surface area contributed by atoms with Gasteiger partial charge in [-0.05, 0) is 38.5 Å². The normalized spacial score (nSPS) is 12.6. The molecule has 0 aromatic rings. The Hall–Kier alpha value is 0.310. The maximum absolute atomic E-state index is 10.6. The Morgan fingerprint density at radius 3 is 0.812 bits per heavy atom. The summed E-state index contributed by atoms with van der Waals surface area (Å²) in [5.74, 6) is 0. The monoisotopic (exact) mass is 475 g/mol. The van der Waals surface area contributed by atoms with Gasteiger partial charge in [-0.3, -0.25) is 0 Å². The van der Waals surface area contributed by atoms with E-state index in [2.05, 4.69) is 20.8 Å². The Morgan fingerprint density at radius 1 is 0.375 bits per heavy atom. The van der Waals surface area contributed by atoms with Gasteiger partial charge < -0.3 is 0 Å². The minimum Gasteiger partial charge on any atom is -0.192 e. The maximum atomic E-state index is 10.6. The third-order valence-electron chi connectivity index (χ3n) is 7.37. The molecule has 0 spiro atoms. The predicted octanol–water partition coefficient (Wildman–Crippen LogP) is 9.89. The first kappa shape index (κ1) is 32.3. The van der Waals surface area contributed by atoms with Gasteiger partial charge in [0.2, 0.25) is 0 Å². The van der Waals surface area contributed by atoms with Crippen LogP contribution in [0, 0.1) is 0 Å². The van der Waals surface area contributed by atoms with Crippen molar-refractivity contribution in [2.75, 3.05) is 0 Å². The fraction of sp³-hybridized carbons (Fsp3) is 1.00. The van der Waals surface area contributed by atoms with Gasteiger partial charge in [-0.25, -0.2) is 0 Å². The molecule has 0 aliphatic heterocycles. The van der Waals surface area contributed by atoms with Crippen LogP contribution in [0.2, 0.25) is 0 Å². The van der Waals surface area contributed by atoms with Crippen LogP contribution in [0.4, 0.5) is 0 Å². The molecule has 3 nitrogen and oxygen atoms in total. The Labute approximate surface area is 202 Å². The number of hydrogen-bond acceptors (Lipinski definition) is 3. The van der Waals surface area contributed by atoms with Crippen LogP contribution in [0.1, 0.15) is 175 Å². The quantitative estimate of drug-likeness (QED) is 0.0909. The minimum absolute atomic E-state index is 0.649. The highest BCUT2D eigenvalue weighted by Crippen LogP contribution is 2.64. The van der Waals surface area contributed by atoms with Crippen LogP contribution in [0.15, 0.2) is 0 Å². The molecule has 0 aliphatic rings. The minimum atomic E-state index is -3.85. The highest BCUT2D eigenvalue weighted by Gasteiger charge is 2.56. The van der Waals surface area contributed by atoms with E-state index in [1.807, 2.05) is 0 Å². The first-order valence-electron chi connectivity index (χ1n) is 14.5. The molecule has 0 radical (unpaired) electrons. The van der Waals surface area contributed by atoms with Crippen LogP contribution in [0.5, 0.6) is 0 Å². The lowest BCUT2D eigenvalue weighted by atomic mass is 9.88. The van der Waals surface area contributed by atoms with Crippen molar-refractivity contribution in [1.29, 1.82) is 0 Å². The summed E-state index contributed by atoms with van der Waals surface area (Å²) in [6.45, 7) is 6.73. The van der Waals surface area contributed by atoms with Gasteiger partial charge in [-0.15, -0.1) is 0 Å². The first-order chi connectivity index (χ1) is 15.4. The van der Waals surface area contributed by atoms with Crippen LogP contribution < -0.4 is 0 Å². The highest BCUT2D eigenvalue weighted by atomic mass is 31.2.